The second-order valence-electron chi connectivity index (χ2n) is 6.04. The number of hydrogen-bond acceptors (Lipinski definition) is 3. The summed E-state index contributed by atoms with van der Waals surface area (Å²) in [5, 5.41) is 3.01. The highest BCUT2D eigenvalue weighted by molar-refractivity contribution is 5.78. The van der Waals surface area contributed by atoms with Crippen molar-refractivity contribution in [1.82, 2.24) is 14.9 Å². The molecule has 6 heteroatoms. The minimum atomic E-state index is -0.412. The summed E-state index contributed by atoms with van der Waals surface area (Å²) in [4.78, 5) is 27.9. The van der Waals surface area contributed by atoms with Crippen molar-refractivity contribution in [1.29, 1.82) is 0 Å². The summed E-state index contributed by atoms with van der Waals surface area (Å²) >= 11 is 0. The van der Waals surface area contributed by atoms with E-state index in [1.54, 1.807) is 10.6 Å². The molecule has 5 nitrogen and oxygen atoms in total. The Balaban J connectivity index is 1.64. The van der Waals surface area contributed by atoms with E-state index < -0.39 is 5.82 Å². The molecule has 1 unspecified atom stereocenters. The predicted molar refractivity (Wildman–Crippen MR) is 88.2 cm³/mol. The predicted octanol–water partition coefficient (Wildman–Crippen LogP) is 1.62. The maximum Gasteiger partial charge on any atom is 0.250 e. The van der Waals surface area contributed by atoms with Crippen molar-refractivity contribution in [3.05, 3.63) is 63.6 Å². The second kappa shape index (κ2) is 6.95. The summed E-state index contributed by atoms with van der Waals surface area (Å²) in [5.41, 5.74) is 2.77. The summed E-state index contributed by atoms with van der Waals surface area (Å²) in [7, 11) is 0. The van der Waals surface area contributed by atoms with Crippen molar-refractivity contribution in [2.45, 2.75) is 45.2 Å². The van der Waals surface area contributed by atoms with Gasteiger partial charge in [0.15, 0.2) is 0 Å². The second-order valence-corrected chi connectivity index (χ2v) is 6.04. The Labute approximate surface area is 139 Å². The van der Waals surface area contributed by atoms with E-state index in [4.69, 9.17) is 0 Å². The fraction of sp³-hybridized carbons (Fsp3) is 0.389. The third kappa shape index (κ3) is 3.53. The molecule has 2 aromatic rings. The van der Waals surface area contributed by atoms with Gasteiger partial charge in [0, 0.05) is 30.0 Å². The topological polar surface area (TPSA) is 64.0 Å². The molecule has 3 rings (SSSR count). The Morgan fingerprint density at radius 2 is 2.21 bits per heavy atom. The van der Waals surface area contributed by atoms with Gasteiger partial charge in [-0.15, -0.1) is 0 Å². The summed E-state index contributed by atoms with van der Waals surface area (Å²) < 4.78 is 14.6. The molecule has 0 bridgehead atoms. The van der Waals surface area contributed by atoms with Gasteiger partial charge >= 0.3 is 0 Å². The number of carbonyl (C=O) groups is 1. The van der Waals surface area contributed by atoms with Gasteiger partial charge < -0.3 is 9.88 Å². The zero-order valence-electron chi connectivity index (χ0n) is 13.6. The van der Waals surface area contributed by atoms with Crippen molar-refractivity contribution in [3.63, 3.8) is 0 Å². The fourth-order valence-electron chi connectivity index (χ4n) is 3.25. The van der Waals surface area contributed by atoms with Crippen LogP contribution in [0.4, 0.5) is 4.39 Å². The van der Waals surface area contributed by atoms with Crippen LogP contribution in [0.5, 0.6) is 0 Å². The van der Waals surface area contributed by atoms with Gasteiger partial charge in [0.2, 0.25) is 5.91 Å². The van der Waals surface area contributed by atoms with Gasteiger partial charge in [0.25, 0.3) is 5.56 Å². The maximum atomic E-state index is 12.8. The summed E-state index contributed by atoms with van der Waals surface area (Å²) in [6.07, 6.45) is 3.55. The van der Waals surface area contributed by atoms with Crippen LogP contribution in [0.2, 0.25) is 0 Å². The SMILES string of the molecule is CCn1c2c(ccc1=O)CC(NC(=O)Cc1ccc(F)cn1)CC2. The molecule has 1 aliphatic rings. The van der Waals surface area contributed by atoms with E-state index >= 15 is 0 Å². The van der Waals surface area contributed by atoms with E-state index in [0.29, 0.717) is 12.2 Å². The molecule has 1 atom stereocenters. The van der Waals surface area contributed by atoms with Crippen LogP contribution in [-0.4, -0.2) is 21.5 Å². The molecule has 1 N–H and O–H groups in total. The number of pyridine rings is 2. The first-order valence-corrected chi connectivity index (χ1v) is 8.18. The zero-order chi connectivity index (χ0) is 17.1. The van der Waals surface area contributed by atoms with Crippen molar-refractivity contribution in [2.75, 3.05) is 0 Å². The number of aromatic nitrogens is 2. The lowest BCUT2D eigenvalue weighted by molar-refractivity contribution is -0.121. The van der Waals surface area contributed by atoms with Gasteiger partial charge in [0.1, 0.15) is 5.82 Å². The number of carbonyl (C=O) groups excluding carboxylic acids is 1. The minimum absolute atomic E-state index is 0.0288. The van der Waals surface area contributed by atoms with Crippen molar-refractivity contribution in [2.24, 2.45) is 0 Å². The summed E-state index contributed by atoms with van der Waals surface area (Å²) in [5.74, 6) is -0.531. The number of halogens is 1. The number of nitrogens with one attached hydrogen (secondary N) is 1. The molecule has 0 aliphatic heterocycles. The third-order valence-electron chi connectivity index (χ3n) is 4.40. The van der Waals surface area contributed by atoms with Gasteiger partial charge in [-0.05, 0) is 43.9 Å². The van der Waals surface area contributed by atoms with Gasteiger partial charge in [-0.25, -0.2) is 4.39 Å². The van der Waals surface area contributed by atoms with Gasteiger partial charge in [-0.3, -0.25) is 14.6 Å². The van der Waals surface area contributed by atoms with Crippen LogP contribution in [0.1, 0.15) is 30.3 Å². The van der Waals surface area contributed by atoms with E-state index in [0.717, 1.165) is 36.7 Å². The number of rotatable bonds is 4. The lowest BCUT2D eigenvalue weighted by Gasteiger charge is -2.27. The van der Waals surface area contributed by atoms with Crippen molar-refractivity contribution < 1.29 is 9.18 Å². The van der Waals surface area contributed by atoms with Crippen molar-refractivity contribution in [3.8, 4) is 0 Å². The lowest BCUT2D eigenvalue weighted by atomic mass is 9.91. The van der Waals surface area contributed by atoms with E-state index in [9.17, 15) is 14.0 Å². The summed E-state index contributed by atoms with van der Waals surface area (Å²) in [6, 6.07) is 6.33. The van der Waals surface area contributed by atoms with Crippen LogP contribution >= 0.6 is 0 Å². The molecule has 126 valence electrons. The van der Waals surface area contributed by atoms with Crippen LogP contribution in [0.15, 0.2) is 35.3 Å². The van der Waals surface area contributed by atoms with Crippen molar-refractivity contribution >= 4 is 5.91 Å². The smallest absolute Gasteiger partial charge is 0.250 e. The highest BCUT2D eigenvalue weighted by Crippen LogP contribution is 2.20. The maximum absolute atomic E-state index is 12.8. The Hall–Kier alpha value is -2.50. The van der Waals surface area contributed by atoms with Gasteiger partial charge in [0.05, 0.1) is 12.6 Å². The molecule has 1 aliphatic carbocycles. The number of fused-ring (bicyclic) bond motifs is 1. The Bertz CT molecular complexity index is 799. The Kier molecular flexibility index (Phi) is 4.74. The molecule has 0 fully saturated rings. The monoisotopic (exact) mass is 329 g/mol. The van der Waals surface area contributed by atoms with Crippen LogP contribution < -0.4 is 10.9 Å². The first-order valence-electron chi connectivity index (χ1n) is 8.18. The molecule has 2 heterocycles. The molecule has 2 aromatic heterocycles. The molecule has 0 saturated carbocycles. The van der Waals surface area contributed by atoms with Gasteiger partial charge in [-0.2, -0.15) is 0 Å². The van der Waals surface area contributed by atoms with Crippen LogP contribution in [0.3, 0.4) is 0 Å². The third-order valence-corrected chi connectivity index (χ3v) is 4.40. The number of amides is 1. The molecule has 1 amide bonds. The molecule has 0 saturated heterocycles. The number of hydrogen-bond donors (Lipinski definition) is 1. The minimum Gasteiger partial charge on any atom is -0.353 e. The zero-order valence-corrected chi connectivity index (χ0v) is 13.6. The van der Waals surface area contributed by atoms with Gasteiger partial charge in [-0.1, -0.05) is 6.07 Å². The van der Waals surface area contributed by atoms with Crippen LogP contribution in [0, 0.1) is 5.82 Å². The highest BCUT2D eigenvalue weighted by atomic mass is 19.1. The average Bonchev–Trinajstić information content (AvgIpc) is 2.57. The van der Waals surface area contributed by atoms with Crippen LogP contribution in [-0.2, 0) is 30.6 Å². The normalized spacial score (nSPS) is 16.5. The molecule has 0 radical (unpaired) electrons. The van der Waals surface area contributed by atoms with E-state index in [1.165, 1.54) is 12.1 Å². The standard InChI is InChI=1S/C18H20FN3O2/c1-2-22-16-7-6-15(9-12(16)3-8-18(22)24)21-17(23)10-14-5-4-13(19)11-20-14/h3-5,8,11,15H,2,6-7,9-10H2,1H3,(H,21,23). The average molecular weight is 329 g/mol. The molecule has 0 spiro atoms. The highest BCUT2D eigenvalue weighted by Gasteiger charge is 2.22. The first kappa shape index (κ1) is 16.4. The fourth-order valence-corrected chi connectivity index (χ4v) is 3.25. The lowest BCUT2D eigenvalue weighted by Crippen LogP contribution is -2.41. The first-order chi connectivity index (χ1) is 11.6. The molecular formula is C18H20FN3O2. The quantitative estimate of drug-likeness (QED) is 0.927. The van der Waals surface area contributed by atoms with E-state index in [-0.39, 0.29) is 23.9 Å². The van der Waals surface area contributed by atoms with E-state index in [2.05, 4.69) is 10.3 Å². The van der Waals surface area contributed by atoms with Crippen LogP contribution in [0.25, 0.3) is 0 Å². The number of nitrogens with zero attached hydrogens (tertiary/aromatic N) is 2. The molecule has 0 aromatic carbocycles. The molecular weight excluding hydrogens is 309 g/mol. The Morgan fingerprint density at radius 3 is 2.92 bits per heavy atom. The summed E-state index contributed by atoms with van der Waals surface area (Å²) in [6.45, 7) is 2.63. The molecule has 24 heavy (non-hydrogen) atoms. The largest absolute Gasteiger partial charge is 0.353 e. The van der Waals surface area contributed by atoms with E-state index in [1.807, 2.05) is 13.0 Å². The Morgan fingerprint density at radius 1 is 1.38 bits per heavy atom.